The highest BCUT2D eigenvalue weighted by Crippen LogP contribution is 2.19. The maximum atomic E-state index is 5.96. The van der Waals surface area contributed by atoms with Gasteiger partial charge in [0.2, 0.25) is 0 Å². The van der Waals surface area contributed by atoms with E-state index in [-0.39, 0.29) is 11.6 Å². The van der Waals surface area contributed by atoms with Gasteiger partial charge >= 0.3 is 0 Å². The molecule has 0 aliphatic carbocycles. The Morgan fingerprint density at radius 2 is 2.10 bits per heavy atom. The molecule has 1 N–H and O–H groups in total. The van der Waals surface area contributed by atoms with Crippen LogP contribution in [-0.4, -0.2) is 23.2 Å². The molecule has 3 nitrogen and oxygen atoms in total. The smallest absolute Gasteiger partial charge is 0.121 e. The molecule has 20 heavy (non-hydrogen) atoms. The largest absolute Gasteiger partial charge is 0.489 e. The molecule has 0 fully saturated rings. The second-order valence-electron chi connectivity index (χ2n) is 5.90. The predicted molar refractivity (Wildman–Crippen MR) is 84.2 cm³/mol. The van der Waals surface area contributed by atoms with E-state index >= 15 is 0 Å². The van der Waals surface area contributed by atoms with Crippen molar-refractivity contribution < 1.29 is 4.74 Å². The summed E-state index contributed by atoms with van der Waals surface area (Å²) in [7, 11) is 0. The molecule has 0 radical (unpaired) electrons. The molecule has 3 heteroatoms. The molecule has 2 aromatic rings. The molecule has 1 unspecified atom stereocenters. The van der Waals surface area contributed by atoms with E-state index in [2.05, 4.69) is 44.1 Å². The Balaban J connectivity index is 1.97. The third-order valence-corrected chi connectivity index (χ3v) is 3.67. The predicted octanol–water partition coefficient (Wildman–Crippen LogP) is 3.78. The Kier molecular flexibility index (Phi) is 4.61. The molecule has 1 heterocycles. The van der Waals surface area contributed by atoms with Crippen LogP contribution in [0, 0.1) is 0 Å². The van der Waals surface area contributed by atoms with Crippen LogP contribution in [0.1, 0.15) is 34.1 Å². The average Bonchev–Trinajstić information content (AvgIpc) is 2.45. The lowest BCUT2D eigenvalue weighted by atomic mass is 10.0. The van der Waals surface area contributed by atoms with Crippen LogP contribution in [0.3, 0.4) is 0 Å². The molecule has 0 aliphatic rings. The van der Waals surface area contributed by atoms with Gasteiger partial charge in [0, 0.05) is 29.7 Å². The molecule has 0 saturated heterocycles. The van der Waals surface area contributed by atoms with Crippen LogP contribution < -0.4 is 10.1 Å². The molecule has 0 bridgehead atoms. The molecule has 0 amide bonds. The molecular weight excluding hydrogens is 248 g/mol. The van der Waals surface area contributed by atoms with Gasteiger partial charge in [0.1, 0.15) is 11.9 Å². The summed E-state index contributed by atoms with van der Waals surface area (Å²) >= 11 is 0. The van der Waals surface area contributed by atoms with Gasteiger partial charge in [-0.05, 0) is 45.4 Å². The first-order valence-electron chi connectivity index (χ1n) is 7.26. The number of nitrogens with zero attached hydrogens (tertiary/aromatic N) is 1. The molecule has 0 saturated carbocycles. The molecule has 1 atom stereocenters. The van der Waals surface area contributed by atoms with Crippen molar-refractivity contribution in [2.24, 2.45) is 0 Å². The summed E-state index contributed by atoms with van der Waals surface area (Å²) in [6.45, 7) is 9.52. The van der Waals surface area contributed by atoms with Crippen LogP contribution in [0.25, 0.3) is 10.9 Å². The van der Waals surface area contributed by atoms with Crippen molar-refractivity contribution >= 4 is 10.9 Å². The fraction of sp³-hybridized carbons (Fsp3) is 0.471. The second kappa shape index (κ2) is 6.23. The number of ether oxygens (including phenoxy) is 1. The number of benzene rings is 1. The molecule has 108 valence electrons. The zero-order chi connectivity index (χ0) is 14.6. The average molecular weight is 272 g/mol. The molecule has 2 rings (SSSR count). The molecule has 1 aromatic heterocycles. The van der Waals surface area contributed by atoms with Crippen molar-refractivity contribution in [3.63, 3.8) is 0 Å². The number of nitrogens with one attached hydrogen (secondary N) is 1. The van der Waals surface area contributed by atoms with E-state index in [4.69, 9.17) is 4.74 Å². The van der Waals surface area contributed by atoms with E-state index < -0.39 is 0 Å². The monoisotopic (exact) mass is 272 g/mol. The highest BCUT2D eigenvalue weighted by Gasteiger charge is 2.15. The first-order chi connectivity index (χ1) is 9.50. The van der Waals surface area contributed by atoms with Crippen molar-refractivity contribution in [2.75, 3.05) is 6.54 Å². The van der Waals surface area contributed by atoms with Crippen molar-refractivity contribution in [3.8, 4) is 5.75 Å². The number of hydrogen-bond acceptors (Lipinski definition) is 3. The summed E-state index contributed by atoms with van der Waals surface area (Å²) < 4.78 is 5.96. The summed E-state index contributed by atoms with van der Waals surface area (Å²) in [5, 5.41) is 4.66. The summed E-state index contributed by atoms with van der Waals surface area (Å²) in [6, 6.07) is 10.1. The zero-order valence-corrected chi connectivity index (χ0v) is 12.8. The third-order valence-electron chi connectivity index (χ3n) is 3.67. The van der Waals surface area contributed by atoms with Gasteiger partial charge in [0.25, 0.3) is 0 Å². The number of pyridine rings is 1. The first kappa shape index (κ1) is 14.8. The fourth-order valence-corrected chi connectivity index (χ4v) is 1.94. The van der Waals surface area contributed by atoms with Crippen LogP contribution in [0.5, 0.6) is 5.75 Å². The first-order valence-corrected chi connectivity index (χ1v) is 7.26. The number of aromatic nitrogens is 1. The van der Waals surface area contributed by atoms with Gasteiger partial charge in [-0.2, -0.15) is 0 Å². The van der Waals surface area contributed by atoms with Gasteiger partial charge in [-0.15, -0.1) is 0 Å². The standard InChI is InChI=1S/C17H24N2O/c1-5-17(3,4)19-12-13(2)20-15-9-8-14-7-6-10-18-16(14)11-15/h6-11,13,19H,5,12H2,1-4H3. The Labute approximate surface area is 121 Å². The third kappa shape index (κ3) is 3.94. The maximum Gasteiger partial charge on any atom is 0.121 e. The van der Waals surface area contributed by atoms with E-state index in [9.17, 15) is 0 Å². The molecule has 0 aliphatic heterocycles. The lowest BCUT2D eigenvalue weighted by Crippen LogP contribution is -2.43. The zero-order valence-electron chi connectivity index (χ0n) is 12.8. The number of rotatable bonds is 6. The van der Waals surface area contributed by atoms with E-state index in [1.807, 2.05) is 24.3 Å². The number of fused-ring (bicyclic) bond motifs is 1. The Bertz CT molecular complexity index is 566. The van der Waals surface area contributed by atoms with Crippen LogP contribution in [-0.2, 0) is 0 Å². The minimum atomic E-state index is 0.127. The normalized spacial score (nSPS) is 13.4. The Hall–Kier alpha value is -1.61. The van der Waals surface area contributed by atoms with Crippen LogP contribution >= 0.6 is 0 Å². The fourth-order valence-electron chi connectivity index (χ4n) is 1.94. The van der Waals surface area contributed by atoms with Crippen molar-refractivity contribution in [2.45, 2.75) is 45.8 Å². The topological polar surface area (TPSA) is 34.1 Å². The van der Waals surface area contributed by atoms with Crippen molar-refractivity contribution in [1.29, 1.82) is 0 Å². The molecule has 0 spiro atoms. The van der Waals surface area contributed by atoms with Gasteiger partial charge in [-0.3, -0.25) is 4.98 Å². The van der Waals surface area contributed by atoms with E-state index in [1.165, 1.54) is 0 Å². The van der Waals surface area contributed by atoms with Crippen molar-refractivity contribution in [3.05, 3.63) is 36.5 Å². The molecule has 1 aromatic carbocycles. The highest BCUT2D eigenvalue weighted by molar-refractivity contribution is 5.79. The second-order valence-corrected chi connectivity index (χ2v) is 5.90. The summed E-state index contributed by atoms with van der Waals surface area (Å²) in [5.74, 6) is 0.875. The van der Waals surface area contributed by atoms with Gasteiger partial charge in [-0.25, -0.2) is 0 Å². The van der Waals surface area contributed by atoms with Crippen LogP contribution in [0.4, 0.5) is 0 Å². The SMILES string of the molecule is CCC(C)(C)NCC(C)Oc1ccc2cccnc2c1. The lowest BCUT2D eigenvalue weighted by Gasteiger charge is -2.27. The van der Waals surface area contributed by atoms with E-state index in [1.54, 1.807) is 6.20 Å². The summed E-state index contributed by atoms with van der Waals surface area (Å²) in [5.41, 5.74) is 1.13. The van der Waals surface area contributed by atoms with E-state index in [0.717, 1.165) is 29.6 Å². The minimum absolute atomic E-state index is 0.127. The van der Waals surface area contributed by atoms with Gasteiger partial charge in [0.15, 0.2) is 0 Å². The maximum absolute atomic E-state index is 5.96. The van der Waals surface area contributed by atoms with Crippen LogP contribution in [0.2, 0.25) is 0 Å². The molecular formula is C17H24N2O. The van der Waals surface area contributed by atoms with Crippen molar-refractivity contribution in [1.82, 2.24) is 10.3 Å². The summed E-state index contributed by atoms with van der Waals surface area (Å²) in [6.07, 6.45) is 3.03. The Morgan fingerprint density at radius 3 is 2.85 bits per heavy atom. The number of hydrogen-bond donors (Lipinski definition) is 1. The summed E-state index contributed by atoms with van der Waals surface area (Å²) in [4.78, 5) is 4.35. The Morgan fingerprint density at radius 1 is 1.30 bits per heavy atom. The van der Waals surface area contributed by atoms with E-state index in [0.29, 0.717) is 0 Å². The van der Waals surface area contributed by atoms with Gasteiger partial charge < -0.3 is 10.1 Å². The highest BCUT2D eigenvalue weighted by atomic mass is 16.5. The van der Waals surface area contributed by atoms with Gasteiger partial charge in [0.05, 0.1) is 5.52 Å². The lowest BCUT2D eigenvalue weighted by molar-refractivity contribution is 0.199. The van der Waals surface area contributed by atoms with Gasteiger partial charge in [-0.1, -0.05) is 13.0 Å². The van der Waals surface area contributed by atoms with Crippen LogP contribution in [0.15, 0.2) is 36.5 Å². The quantitative estimate of drug-likeness (QED) is 0.869. The minimum Gasteiger partial charge on any atom is -0.489 e.